The maximum atomic E-state index is 11.9. The normalized spacial score (nSPS) is 16.3. The summed E-state index contributed by atoms with van der Waals surface area (Å²) in [5.74, 6) is 2.39. The lowest BCUT2D eigenvalue weighted by molar-refractivity contribution is 0.266. The molecular formula is C12H19BrN4O2S. The van der Waals surface area contributed by atoms with Crippen molar-refractivity contribution >= 4 is 33.4 Å². The van der Waals surface area contributed by atoms with E-state index < -0.39 is 0 Å². The SMILES string of the molecule is O=c1c(Br)c(NCCN2CCSCC2)cnn1CCO. The van der Waals surface area contributed by atoms with Gasteiger partial charge in [-0.05, 0) is 15.9 Å². The minimum atomic E-state index is -0.224. The highest BCUT2D eigenvalue weighted by molar-refractivity contribution is 9.10. The molecule has 0 atom stereocenters. The molecule has 112 valence electrons. The molecule has 6 nitrogen and oxygen atoms in total. The lowest BCUT2D eigenvalue weighted by Gasteiger charge is -2.26. The number of aliphatic hydroxyl groups excluding tert-OH is 1. The molecule has 2 heterocycles. The van der Waals surface area contributed by atoms with Crippen LogP contribution in [-0.4, -0.2) is 64.1 Å². The van der Waals surface area contributed by atoms with Crippen molar-refractivity contribution in [1.29, 1.82) is 0 Å². The van der Waals surface area contributed by atoms with E-state index in [-0.39, 0.29) is 18.7 Å². The molecule has 1 saturated heterocycles. The van der Waals surface area contributed by atoms with Crippen LogP contribution in [0.2, 0.25) is 0 Å². The van der Waals surface area contributed by atoms with Gasteiger partial charge < -0.3 is 10.4 Å². The minimum absolute atomic E-state index is 0.0981. The van der Waals surface area contributed by atoms with Crippen LogP contribution in [0.4, 0.5) is 5.69 Å². The van der Waals surface area contributed by atoms with E-state index in [0.29, 0.717) is 10.2 Å². The Balaban J connectivity index is 1.89. The first-order valence-corrected chi connectivity index (χ1v) is 8.57. The third-order valence-electron chi connectivity index (χ3n) is 3.14. The van der Waals surface area contributed by atoms with Crippen molar-refractivity contribution in [3.8, 4) is 0 Å². The van der Waals surface area contributed by atoms with Crippen molar-refractivity contribution < 1.29 is 5.11 Å². The molecule has 0 aliphatic carbocycles. The predicted molar refractivity (Wildman–Crippen MR) is 85.5 cm³/mol. The molecule has 0 radical (unpaired) electrons. The number of aliphatic hydroxyl groups is 1. The third-order valence-corrected chi connectivity index (χ3v) is 4.85. The number of thioether (sulfide) groups is 1. The Bertz CT molecular complexity index is 491. The highest BCUT2D eigenvalue weighted by atomic mass is 79.9. The van der Waals surface area contributed by atoms with Gasteiger partial charge in [-0.2, -0.15) is 16.9 Å². The van der Waals surface area contributed by atoms with Crippen LogP contribution in [0.5, 0.6) is 0 Å². The Labute approximate surface area is 130 Å². The minimum Gasteiger partial charge on any atom is -0.394 e. The number of halogens is 1. The molecule has 0 aromatic carbocycles. The number of hydrogen-bond donors (Lipinski definition) is 2. The van der Waals surface area contributed by atoms with Crippen molar-refractivity contribution in [3.63, 3.8) is 0 Å². The number of aromatic nitrogens is 2. The Morgan fingerprint density at radius 3 is 2.85 bits per heavy atom. The van der Waals surface area contributed by atoms with E-state index in [0.717, 1.165) is 26.2 Å². The van der Waals surface area contributed by atoms with Crippen LogP contribution in [0, 0.1) is 0 Å². The molecule has 0 spiro atoms. The number of nitrogens with one attached hydrogen (secondary N) is 1. The average molecular weight is 363 g/mol. The van der Waals surface area contributed by atoms with Crippen molar-refractivity contribution in [3.05, 3.63) is 21.0 Å². The Morgan fingerprint density at radius 2 is 2.15 bits per heavy atom. The molecule has 20 heavy (non-hydrogen) atoms. The molecule has 2 rings (SSSR count). The molecule has 1 aliphatic rings. The van der Waals surface area contributed by atoms with E-state index in [4.69, 9.17) is 5.11 Å². The molecule has 1 aromatic heterocycles. The van der Waals surface area contributed by atoms with E-state index in [2.05, 4.69) is 31.2 Å². The zero-order valence-corrected chi connectivity index (χ0v) is 13.6. The number of nitrogens with zero attached hydrogens (tertiary/aromatic N) is 3. The Kier molecular flexibility index (Phi) is 6.34. The van der Waals surface area contributed by atoms with Crippen molar-refractivity contribution in [2.75, 3.05) is 49.6 Å². The fourth-order valence-electron chi connectivity index (χ4n) is 2.02. The molecule has 0 unspecified atom stereocenters. The van der Waals surface area contributed by atoms with Gasteiger partial charge >= 0.3 is 0 Å². The molecule has 0 amide bonds. The molecule has 1 fully saturated rings. The summed E-state index contributed by atoms with van der Waals surface area (Å²) in [5, 5.41) is 16.1. The summed E-state index contributed by atoms with van der Waals surface area (Å²) in [5.41, 5.74) is 0.481. The lowest BCUT2D eigenvalue weighted by Crippen LogP contribution is -2.36. The van der Waals surface area contributed by atoms with E-state index in [1.807, 2.05) is 11.8 Å². The van der Waals surface area contributed by atoms with Gasteiger partial charge in [-0.25, -0.2) is 4.68 Å². The van der Waals surface area contributed by atoms with E-state index in [1.165, 1.54) is 16.2 Å². The summed E-state index contributed by atoms with van der Waals surface area (Å²) in [7, 11) is 0. The van der Waals surface area contributed by atoms with Crippen LogP contribution in [0.15, 0.2) is 15.5 Å². The fraction of sp³-hybridized carbons (Fsp3) is 0.667. The van der Waals surface area contributed by atoms with Gasteiger partial charge in [0.05, 0.1) is 25.0 Å². The fourth-order valence-corrected chi connectivity index (χ4v) is 3.44. The summed E-state index contributed by atoms with van der Waals surface area (Å²) < 4.78 is 1.71. The van der Waals surface area contributed by atoms with Gasteiger partial charge in [-0.15, -0.1) is 0 Å². The van der Waals surface area contributed by atoms with Gasteiger partial charge in [0.15, 0.2) is 0 Å². The summed E-state index contributed by atoms with van der Waals surface area (Å²) >= 11 is 5.29. The van der Waals surface area contributed by atoms with Gasteiger partial charge in [-0.1, -0.05) is 0 Å². The van der Waals surface area contributed by atoms with E-state index in [9.17, 15) is 4.79 Å². The number of rotatable bonds is 6. The highest BCUT2D eigenvalue weighted by Crippen LogP contribution is 2.16. The molecular weight excluding hydrogens is 344 g/mol. The molecule has 1 aliphatic heterocycles. The molecule has 0 bridgehead atoms. The molecule has 0 saturated carbocycles. The monoisotopic (exact) mass is 362 g/mol. The quantitative estimate of drug-likeness (QED) is 0.765. The Hall–Kier alpha value is -0.570. The van der Waals surface area contributed by atoms with Crippen LogP contribution < -0.4 is 10.9 Å². The molecule has 1 aromatic rings. The maximum absolute atomic E-state index is 11.9. The third kappa shape index (κ3) is 4.21. The zero-order valence-electron chi connectivity index (χ0n) is 11.2. The largest absolute Gasteiger partial charge is 0.394 e. The van der Waals surface area contributed by atoms with Crippen LogP contribution in [0.3, 0.4) is 0 Å². The smallest absolute Gasteiger partial charge is 0.283 e. The van der Waals surface area contributed by atoms with E-state index >= 15 is 0 Å². The summed E-state index contributed by atoms with van der Waals surface area (Å²) in [4.78, 5) is 14.3. The second-order valence-electron chi connectivity index (χ2n) is 4.50. The summed E-state index contributed by atoms with van der Waals surface area (Å²) in [6.45, 7) is 4.12. The zero-order chi connectivity index (χ0) is 14.4. The first-order valence-electron chi connectivity index (χ1n) is 6.63. The second-order valence-corrected chi connectivity index (χ2v) is 6.52. The van der Waals surface area contributed by atoms with Gasteiger partial charge in [0.2, 0.25) is 0 Å². The predicted octanol–water partition coefficient (Wildman–Crippen LogP) is 0.459. The first kappa shape index (κ1) is 15.8. The van der Waals surface area contributed by atoms with Crippen LogP contribution in [0.1, 0.15) is 0 Å². The van der Waals surface area contributed by atoms with Gasteiger partial charge in [0.1, 0.15) is 4.47 Å². The van der Waals surface area contributed by atoms with Crippen LogP contribution in [0.25, 0.3) is 0 Å². The standard InChI is InChI=1S/C12H19BrN4O2S/c13-11-10(9-15-17(3-6-18)12(11)19)14-1-2-16-4-7-20-8-5-16/h9,14,18H,1-8H2. The lowest BCUT2D eigenvalue weighted by atomic mass is 10.4. The van der Waals surface area contributed by atoms with E-state index in [1.54, 1.807) is 6.20 Å². The second kappa shape index (κ2) is 8.02. The van der Waals surface area contributed by atoms with Gasteiger partial charge in [0, 0.05) is 37.7 Å². The van der Waals surface area contributed by atoms with Crippen LogP contribution in [-0.2, 0) is 6.54 Å². The number of anilines is 1. The number of hydrogen-bond acceptors (Lipinski definition) is 6. The van der Waals surface area contributed by atoms with Gasteiger partial charge in [0.25, 0.3) is 5.56 Å². The van der Waals surface area contributed by atoms with Crippen molar-refractivity contribution in [2.24, 2.45) is 0 Å². The summed E-state index contributed by atoms with van der Waals surface area (Å²) in [6, 6.07) is 0. The van der Waals surface area contributed by atoms with Crippen molar-refractivity contribution in [2.45, 2.75) is 6.54 Å². The topological polar surface area (TPSA) is 70.4 Å². The first-order chi connectivity index (χ1) is 9.72. The Morgan fingerprint density at radius 1 is 1.40 bits per heavy atom. The van der Waals surface area contributed by atoms with Crippen molar-refractivity contribution in [1.82, 2.24) is 14.7 Å². The van der Waals surface area contributed by atoms with Gasteiger partial charge in [-0.3, -0.25) is 9.69 Å². The van der Waals surface area contributed by atoms with Crippen LogP contribution >= 0.6 is 27.7 Å². The highest BCUT2D eigenvalue weighted by Gasteiger charge is 2.11. The molecule has 2 N–H and O–H groups in total. The molecule has 8 heteroatoms. The summed E-state index contributed by atoms with van der Waals surface area (Å²) in [6.07, 6.45) is 1.62. The average Bonchev–Trinajstić information content (AvgIpc) is 2.48. The maximum Gasteiger partial charge on any atom is 0.283 e.